The largest absolute Gasteiger partial charge is 0.496 e. The van der Waals surface area contributed by atoms with E-state index in [1.54, 1.807) is 7.11 Å². The lowest BCUT2D eigenvalue weighted by molar-refractivity contribution is -0.148. The van der Waals surface area contributed by atoms with Crippen LogP contribution in [0, 0.1) is 5.92 Å². The number of methoxy groups -OCH3 is 1. The molecule has 0 heterocycles. The molecule has 0 amide bonds. The van der Waals surface area contributed by atoms with Crippen molar-refractivity contribution < 1.29 is 14.3 Å². The van der Waals surface area contributed by atoms with Crippen molar-refractivity contribution in [1.82, 2.24) is 0 Å². The highest BCUT2D eigenvalue weighted by Gasteiger charge is 2.18. The van der Waals surface area contributed by atoms with Gasteiger partial charge in [-0.05, 0) is 31.4 Å². The van der Waals surface area contributed by atoms with Gasteiger partial charge in [0.1, 0.15) is 5.75 Å². The maximum atomic E-state index is 11.8. The molecule has 0 aliphatic heterocycles. The molecular formula is C15H23NO3. The summed E-state index contributed by atoms with van der Waals surface area (Å²) >= 11 is 0. The zero-order valence-electron chi connectivity index (χ0n) is 11.9. The van der Waals surface area contributed by atoms with Gasteiger partial charge in [-0.25, -0.2) is 0 Å². The highest BCUT2D eigenvalue weighted by Crippen LogP contribution is 2.22. The van der Waals surface area contributed by atoms with Crippen molar-refractivity contribution >= 4 is 5.97 Å². The van der Waals surface area contributed by atoms with Gasteiger partial charge in [0.15, 0.2) is 0 Å². The summed E-state index contributed by atoms with van der Waals surface area (Å²) in [4.78, 5) is 11.8. The average molecular weight is 265 g/mol. The highest BCUT2D eigenvalue weighted by molar-refractivity contribution is 5.72. The molecule has 4 heteroatoms. The van der Waals surface area contributed by atoms with Crippen molar-refractivity contribution in [3.8, 4) is 5.75 Å². The monoisotopic (exact) mass is 265 g/mol. The number of hydrogen-bond acceptors (Lipinski definition) is 4. The molecule has 0 aliphatic rings. The number of hydrogen-bond donors (Lipinski definition) is 1. The maximum Gasteiger partial charge on any atom is 0.309 e. The molecule has 0 aliphatic carbocycles. The Labute approximate surface area is 114 Å². The van der Waals surface area contributed by atoms with Crippen molar-refractivity contribution in [2.45, 2.75) is 33.2 Å². The molecule has 4 nitrogen and oxygen atoms in total. The first-order valence-corrected chi connectivity index (χ1v) is 6.68. The quantitative estimate of drug-likeness (QED) is 0.768. The van der Waals surface area contributed by atoms with Crippen LogP contribution in [0.3, 0.4) is 0 Å². The Kier molecular flexibility index (Phi) is 6.36. The highest BCUT2D eigenvalue weighted by atomic mass is 16.5. The van der Waals surface area contributed by atoms with E-state index in [1.807, 2.05) is 32.0 Å². The van der Waals surface area contributed by atoms with E-state index in [2.05, 4.69) is 0 Å². The van der Waals surface area contributed by atoms with Gasteiger partial charge < -0.3 is 15.2 Å². The molecule has 0 saturated heterocycles. The molecule has 1 atom stereocenters. The summed E-state index contributed by atoms with van der Waals surface area (Å²) in [6, 6.07) is 5.87. The Hall–Kier alpha value is -1.55. The third-order valence-corrected chi connectivity index (χ3v) is 3.16. The standard InChI is InChI=1S/C15H23NO3/c1-4-12(15(17)19-5-2)8-11-6-7-14(18-3)13(9-11)10-16/h6-7,9,12H,4-5,8,10,16H2,1-3H3. The van der Waals surface area contributed by atoms with Gasteiger partial charge in [0.05, 0.1) is 19.6 Å². The zero-order valence-corrected chi connectivity index (χ0v) is 11.9. The van der Waals surface area contributed by atoms with Crippen molar-refractivity contribution in [3.63, 3.8) is 0 Å². The van der Waals surface area contributed by atoms with Crippen molar-refractivity contribution in [2.75, 3.05) is 13.7 Å². The van der Waals surface area contributed by atoms with Gasteiger partial charge in [0, 0.05) is 12.1 Å². The van der Waals surface area contributed by atoms with E-state index in [0.717, 1.165) is 23.3 Å². The van der Waals surface area contributed by atoms with Crippen LogP contribution in [0.4, 0.5) is 0 Å². The van der Waals surface area contributed by atoms with Crippen LogP contribution in [-0.2, 0) is 22.5 Å². The van der Waals surface area contributed by atoms with Gasteiger partial charge in [-0.1, -0.05) is 19.1 Å². The number of rotatable bonds is 7. The zero-order chi connectivity index (χ0) is 14.3. The number of benzene rings is 1. The molecule has 2 N–H and O–H groups in total. The van der Waals surface area contributed by atoms with E-state index >= 15 is 0 Å². The van der Waals surface area contributed by atoms with Gasteiger partial charge in [0.2, 0.25) is 0 Å². The number of nitrogens with two attached hydrogens (primary N) is 1. The summed E-state index contributed by atoms with van der Waals surface area (Å²) in [5.41, 5.74) is 7.74. The molecule has 0 saturated carbocycles. The predicted octanol–water partition coefficient (Wildman–Crippen LogP) is 2.29. The lowest BCUT2D eigenvalue weighted by Crippen LogP contribution is -2.19. The van der Waals surface area contributed by atoms with Gasteiger partial charge in [0.25, 0.3) is 0 Å². The van der Waals surface area contributed by atoms with E-state index in [4.69, 9.17) is 15.2 Å². The molecule has 19 heavy (non-hydrogen) atoms. The Morgan fingerprint density at radius 3 is 2.63 bits per heavy atom. The third kappa shape index (κ3) is 4.24. The molecule has 1 aromatic rings. The molecular weight excluding hydrogens is 242 g/mol. The first-order chi connectivity index (χ1) is 9.15. The molecule has 0 aromatic heterocycles. The number of ether oxygens (including phenoxy) is 2. The first kappa shape index (κ1) is 15.5. The molecule has 0 spiro atoms. The van der Waals surface area contributed by atoms with Crippen molar-refractivity contribution in [1.29, 1.82) is 0 Å². The fraction of sp³-hybridized carbons (Fsp3) is 0.533. The van der Waals surface area contributed by atoms with Gasteiger partial charge in [-0.2, -0.15) is 0 Å². The van der Waals surface area contributed by atoms with E-state index in [-0.39, 0.29) is 11.9 Å². The minimum absolute atomic E-state index is 0.0982. The molecule has 0 radical (unpaired) electrons. The molecule has 1 unspecified atom stereocenters. The van der Waals surface area contributed by atoms with Gasteiger partial charge in [-0.15, -0.1) is 0 Å². The summed E-state index contributed by atoms with van der Waals surface area (Å²) in [7, 11) is 1.63. The van der Waals surface area contributed by atoms with Crippen LogP contribution in [0.1, 0.15) is 31.4 Å². The normalized spacial score (nSPS) is 12.0. The smallest absolute Gasteiger partial charge is 0.309 e. The van der Waals surface area contributed by atoms with Crippen molar-refractivity contribution in [3.05, 3.63) is 29.3 Å². The summed E-state index contributed by atoms with van der Waals surface area (Å²) in [5, 5.41) is 0. The van der Waals surface area contributed by atoms with Gasteiger partial charge >= 0.3 is 5.97 Å². The molecule has 0 fully saturated rings. The van der Waals surface area contributed by atoms with Crippen LogP contribution < -0.4 is 10.5 Å². The summed E-state index contributed by atoms with van der Waals surface area (Å²) in [6.45, 7) is 4.67. The minimum Gasteiger partial charge on any atom is -0.496 e. The third-order valence-electron chi connectivity index (χ3n) is 3.16. The van der Waals surface area contributed by atoms with E-state index in [9.17, 15) is 4.79 Å². The number of carbonyl (C=O) groups is 1. The fourth-order valence-corrected chi connectivity index (χ4v) is 2.06. The van der Waals surface area contributed by atoms with E-state index < -0.39 is 0 Å². The average Bonchev–Trinajstić information content (AvgIpc) is 2.44. The second-order valence-electron chi connectivity index (χ2n) is 4.41. The fourth-order valence-electron chi connectivity index (χ4n) is 2.06. The Morgan fingerprint density at radius 2 is 2.11 bits per heavy atom. The predicted molar refractivity (Wildman–Crippen MR) is 75.0 cm³/mol. The lowest BCUT2D eigenvalue weighted by Gasteiger charge is -2.15. The van der Waals surface area contributed by atoms with Crippen molar-refractivity contribution in [2.24, 2.45) is 11.7 Å². The van der Waals surface area contributed by atoms with Crippen LogP contribution >= 0.6 is 0 Å². The SMILES string of the molecule is CCOC(=O)C(CC)Cc1ccc(OC)c(CN)c1. The molecule has 1 rings (SSSR count). The van der Waals surface area contributed by atoms with Crippen LogP contribution in [0.25, 0.3) is 0 Å². The second kappa shape index (κ2) is 7.79. The van der Waals surface area contributed by atoms with E-state index in [1.165, 1.54) is 0 Å². The Bertz CT molecular complexity index is 418. The number of esters is 1. The first-order valence-electron chi connectivity index (χ1n) is 6.68. The van der Waals surface area contributed by atoms with Crippen LogP contribution in [0.2, 0.25) is 0 Å². The number of carbonyl (C=O) groups excluding carboxylic acids is 1. The van der Waals surface area contributed by atoms with Gasteiger partial charge in [-0.3, -0.25) is 4.79 Å². The molecule has 1 aromatic carbocycles. The van der Waals surface area contributed by atoms with E-state index in [0.29, 0.717) is 19.6 Å². The van der Waals surface area contributed by atoms with Crippen LogP contribution in [-0.4, -0.2) is 19.7 Å². The second-order valence-corrected chi connectivity index (χ2v) is 4.41. The topological polar surface area (TPSA) is 61.5 Å². The summed E-state index contributed by atoms with van der Waals surface area (Å²) < 4.78 is 10.3. The minimum atomic E-state index is -0.130. The molecule has 0 bridgehead atoms. The van der Waals surface area contributed by atoms with Crippen LogP contribution in [0.15, 0.2) is 18.2 Å². The lowest BCUT2D eigenvalue weighted by atomic mass is 9.95. The Balaban J connectivity index is 2.82. The summed E-state index contributed by atoms with van der Waals surface area (Å²) in [5.74, 6) is 0.560. The Morgan fingerprint density at radius 1 is 1.37 bits per heavy atom. The molecule has 106 valence electrons. The van der Waals surface area contributed by atoms with Crippen LogP contribution in [0.5, 0.6) is 5.75 Å². The summed E-state index contributed by atoms with van der Waals surface area (Å²) in [6.07, 6.45) is 1.44. The maximum absolute atomic E-state index is 11.8.